The lowest BCUT2D eigenvalue weighted by Gasteiger charge is -2.39. The molecule has 0 radical (unpaired) electrons. The fraction of sp³-hybridized carbons (Fsp3) is 0.542. The number of piperazine rings is 1. The number of nitrogens with one attached hydrogen (secondary N) is 1. The van der Waals surface area contributed by atoms with E-state index < -0.39 is 16.1 Å². The van der Waals surface area contributed by atoms with Gasteiger partial charge in [-0.05, 0) is 30.7 Å². The molecule has 0 bridgehead atoms. The fourth-order valence-electron chi connectivity index (χ4n) is 4.23. The van der Waals surface area contributed by atoms with Crippen molar-refractivity contribution in [1.82, 2.24) is 24.1 Å². The van der Waals surface area contributed by atoms with Gasteiger partial charge >= 0.3 is 0 Å². The van der Waals surface area contributed by atoms with Gasteiger partial charge in [0.25, 0.3) is 0 Å². The van der Waals surface area contributed by atoms with Gasteiger partial charge in [0.15, 0.2) is 0 Å². The summed E-state index contributed by atoms with van der Waals surface area (Å²) in [5.41, 5.74) is 2.64. The van der Waals surface area contributed by atoms with Crippen LogP contribution in [-0.4, -0.2) is 78.1 Å². The molecule has 1 aromatic carbocycles. The predicted octanol–water partition coefficient (Wildman–Crippen LogP) is 1.60. The molecule has 184 valence electrons. The number of nitriles is 1. The van der Waals surface area contributed by atoms with Crippen LogP contribution in [0.2, 0.25) is 0 Å². The Kier molecular flexibility index (Phi) is 9.21. The van der Waals surface area contributed by atoms with E-state index in [0.29, 0.717) is 44.7 Å². The van der Waals surface area contributed by atoms with Crippen molar-refractivity contribution in [3.8, 4) is 6.07 Å². The molecule has 0 spiro atoms. The van der Waals surface area contributed by atoms with Crippen molar-refractivity contribution in [3.63, 3.8) is 0 Å². The van der Waals surface area contributed by atoms with Crippen molar-refractivity contribution < 1.29 is 13.2 Å². The van der Waals surface area contributed by atoms with Crippen molar-refractivity contribution in [2.24, 2.45) is 0 Å². The average molecular weight is 487 g/mol. The highest BCUT2D eigenvalue weighted by molar-refractivity contribution is 7.88. The molecule has 1 amide bonds. The van der Waals surface area contributed by atoms with E-state index in [4.69, 9.17) is 5.26 Å². The average Bonchev–Trinajstić information content (AvgIpc) is 3.25. The molecular weight excluding hydrogens is 452 g/mol. The minimum Gasteiger partial charge on any atom is -0.354 e. The Labute approximate surface area is 202 Å². The van der Waals surface area contributed by atoms with Gasteiger partial charge in [0, 0.05) is 51.0 Å². The number of amides is 1. The third kappa shape index (κ3) is 7.13. The first-order valence-corrected chi connectivity index (χ1v) is 13.6. The lowest BCUT2D eigenvalue weighted by atomic mass is 10.1. The van der Waals surface area contributed by atoms with Gasteiger partial charge in [-0.15, -0.1) is 0 Å². The van der Waals surface area contributed by atoms with Crippen LogP contribution in [0.25, 0.3) is 0 Å². The molecule has 9 nitrogen and oxygen atoms in total. The standard InChI is InChI=1S/C24H34N6O3S/c1-3-4-5-12-28-13-14-30(34(2,32)33)23(18-28)24(31)27-11-10-22-16-26-19-29(22)17-21-8-6-20(15-25)7-9-21/h6-9,16,19,23H,3-5,10-14,17-18H2,1-2H3,(H,27,31). The minimum absolute atomic E-state index is 0.260. The fourth-order valence-corrected chi connectivity index (χ4v) is 5.27. The number of imidazole rings is 1. The Hall–Kier alpha value is -2.74. The molecule has 1 fully saturated rings. The summed E-state index contributed by atoms with van der Waals surface area (Å²) >= 11 is 0. The van der Waals surface area contributed by atoms with Crippen LogP contribution in [0.3, 0.4) is 0 Å². The van der Waals surface area contributed by atoms with E-state index >= 15 is 0 Å². The van der Waals surface area contributed by atoms with Gasteiger partial charge in [-0.1, -0.05) is 31.9 Å². The molecule has 1 aliphatic heterocycles. The van der Waals surface area contributed by atoms with Gasteiger partial charge in [0.2, 0.25) is 15.9 Å². The Morgan fingerprint density at radius 3 is 2.68 bits per heavy atom. The smallest absolute Gasteiger partial charge is 0.239 e. The number of unbranched alkanes of at least 4 members (excludes halogenated alkanes) is 2. The first-order chi connectivity index (χ1) is 16.3. The van der Waals surface area contributed by atoms with Gasteiger partial charge in [0.1, 0.15) is 6.04 Å². The van der Waals surface area contributed by atoms with Crippen LogP contribution in [0, 0.1) is 11.3 Å². The Balaban J connectivity index is 1.57. The summed E-state index contributed by atoms with van der Waals surface area (Å²) in [6.07, 6.45) is 8.56. The molecule has 2 aromatic rings. The molecule has 1 unspecified atom stereocenters. The Morgan fingerprint density at radius 2 is 2.00 bits per heavy atom. The lowest BCUT2D eigenvalue weighted by molar-refractivity contribution is -0.126. The number of aromatic nitrogens is 2. The number of hydrogen-bond acceptors (Lipinski definition) is 6. The van der Waals surface area contributed by atoms with Crippen LogP contribution in [0.1, 0.15) is 43.0 Å². The largest absolute Gasteiger partial charge is 0.354 e. The molecule has 1 aliphatic rings. The monoisotopic (exact) mass is 486 g/mol. The van der Waals surface area contributed by atoms with Crippen molar-refractivity contribution >= 4 is 15.9 Å². The summed E-state index contributed by atoms with van der Waals surface area (Å²) in [7, 11) is -3.47. The SMILES string of the molecule is CCCCCN1CCN(S(C)(=O)=O)C(C(=O)NCCc2cncn2Cc2ccc(C#N)cc2)C1. The van der Waals surface area contributed by atoms with E-state index in [9.17, 15) is 13.2 Å². The molecule has 0 saturated carbocycles. The van der Waals surface area contributed by atoms with Gasteiger partial charge in [-0.25, -0.2) is 13.4 Å². The quantitative estimate of drug-likeness (QED) is 0.483. The maximum absolute atomic E-state index is 13.0. The first-order valence-electron chi connectivity index (χ1n) is 11.8. The van der Waals surface area contributed by atoms with E-state index in [1.54, 1.807) is 24.7 Å². The van der Waals surface area contributed by atoms with Gasteiger partial charge < -0.3 is 9.88 Å². The maximum atomic E-state index is 13.0. The number of sulfonamides is 1. The number of carbonyl (C=O) groups excluding carboxylic acids is 1. The van der Waals surface area contributed by atoms with E-state index in [0.717, 1.165) is 37.1 Å². The Bertz CT molecular complexity index is 1090. The minimum atomic E-state index is -3.47. The zero-order chi connectivity index (χ0) is 24.6. The zero-order valence-electron chi connectivity index (χ0n) is 20.0. The summed E-state index contributed by atoms with van der Waals surface area (Å²) in [6, 6.07) is 8.81. The van der Waals surface area contributed by atoms with Gasteiger partial charge in [0.05, 0.1) is 24.2 Å². The molecule has 1 aromatic heterocycles. The number of nitrogens with zero attached hydrogens (tertiary/aromatic N) is 5. The van der Waals surface area contributed by atoms with E-state index in [2.05, 4.69) is 28.2 Å². The first kappa shape index (κ1) is 25.9. The lowest BCUT2D eigenvalue weighted by Crippen LogP contribution is -2.60. The summed E-state index contributed by atoms with van der Waals surface area (Å²) in [6.45, 7) is 5.43. The van der Waals surface area contributed by atoms with E-state index in [-0.39, 0.29) is 5.91 Å². The molecule has 10 heteroatoms. The zero-order valence-corrected chi connectivity index (χ0v) is 20.8. The van der Waals surface area contributed by atoms with Crippen LogP contribution < -0.4 is 5.32 Å². The molecule has 1 N–H and O–H groups in total. The summed E-state index contributed by atoms with van der Waals surface area (Å²) in [5, 5.41) is 11.9. The van der Waals surface area contributed by atoms with Gasteiger partial charge in [-0.2, -0.15) is 9.57 Å². The van der Waals surface area contributed by atoms with Crippen molar-refractivity contribution in [3.05, 3.63) is 53.6 Å². The second-order valence-electron chi connectivity index (χ2n) is 8.76. The third-order valence-corrected chi connectivity index (χ3v) is 7.43. The number of hydrogen-bond donors (Lipinski definition) is 1. The number of benzene rings is 1. The van der Waals surface area contributed by atoms with Crippen molar-refractivity contribution in [2.75, 3.05) is 39.0 Å². The van der Waals surface area contributed by atoms with Crippen molar-refractivity contribution in [2.45, 2.75) is 45.2 Å². The van der Waals surface area contributed by atoms with Gasteiger partial charge in [-0.3, -0.25) is 9.69 Å². The highest BCUT2D eigenvalue weighted by atomic mass is 32.2. The molecule has 1 saturated heterocycles. The molecule has 2 heterocycles. The topological polar surface area (TPSA) is 111 Å². The second-order valence-corrected chi connectivity index (χ2v) is 10.7. The number of carbonyl (C=O) groups is 1. The van der Waals surface area contributed by atoms with Crippen LogP contribution >= 0.6 is 0 Å². The highest BCUT2D eigenvalue weighted by Gasteiger charge is 2.37. The molecule has 34 heavy (non-hydrogen) atoms. The van der Waals surface area contributed by atoms with E-state index in [1.807, 2.05) is 16.7 Å². The normalized spacial score (nSPS) is 17.4. The van der Waals surface area contributed by atoms with Crippen molar-refractivity contribution in [1.29, 1.82) is 5.26 Å². The van der Waals surface area contributed by atoms with Crippen LogP contribution in [0.4, 0.5) is 0 Å². The summed E-state index contributed by atoms with van der Waals surface area (Å²) in [4.78, 5) is 19.4. The highest BCUT2D eigenvalue weighted by Crippen LogP contribution is 2.15. The van der Waals surface area contributed by atoms with E-state index in [1.165, 1.54) is 10.6 Å². The summed E-state index contributed by atoms with van der Waals surface area (Å²) in [5.74, 6) is -0.260. The third-order valence-electron chi connectivity index (χ3n) is 6.14. The number of rotatable bonds is 11. The molecule has 1 atom stereocenters. The molecule has 3 rings (SSSR count). The van der Waals surface area contributed by atoms with Crippen LogP contribution in [0.15, 0.2) is 36.8 Å². The predicted molar refractivity (Wildman–Crippen MR) is 131 cm³/mol. The van der Waals surface area contributed by atoms with Crippen LogP contribution in [-0.2, 0) is 27.8 Å². The van der Waals surface area contributed by atoms with Crippen LogP contribution in [0.5, 0.6) is 0 Å². The molecular formula is C24H34N6O3S. The summed E-state index contributed by atoms with van der Waals surface area (Å²) < 4.78 is 27.9. The Morgan fingerprint density at radius 1 is 1.24 bits per heavy atom. The molecule has 0 aliphatic carbocycles. The second kappa shape index (κ2) is 12.1. The maximum Gasteiger partial charge on any atom is 0.239 e.